The van der Waals surface area contributed by atoms with E-state index in [1.165, 1.54) is 25.7 Å². The summed E-state index contributed by atoms with van der Waals surface area (Å²) in [6.45, 7) is 5.71. The van der Waals surface area contributed by atoms with Gasteiger partial charge in [-0.3, -0.25) is 0 Å². The standard InChI is InChI=1S/C15H30O3/c1-3-17-15(18-4-2)13-11-9-7-5-6-8-10-12-14-16/h8,10,15-16H,3-7,9,11-14H2,1-2H3/b10-8-. The minimum Gasteiger partial charge on any atom is -0.396 e. The largest absolute Gasteiger partial charge is 0.396 e. The van der Waals surface area contributed by atoms with Gasteiger partial charge >= 0.3 is 0 Å². The predicted octanol–water partition coefficient (Wildman–Crippen LogP) is 3.66. The van der Waals surface area contributed by atoms with Gasteiger partial charge in [0.1, 0.15) is 0 Å². The molecule has 0 heterocycles. The molecule has 0 aliphatic carbocycles. The number of allylic oxidation sites excluding steroid dienone is 1. The third kappa shape index (κ3) is 12.1. The van der Waals surface area contributed by atoms with Gasteiger partial charge < -0.3 is 14.6 Å². The van der Waals surface area contributed by atoms with Gasteiger partial charge in [-0.25, -0.2) is 0 Å². The molecule has 108 valence electrons. The van der Waals surface area contributed by atoms with Gasteiger partial charge in [0.05, 0.1) is 0 Å². The van der Waals surface area contributed by atoms with E-state index in [2.05, 4.69) is 12.2 Å². The zero-order chi connectivity index (χ0) is 13.5. The molecule has 0 saturated heterocycles. The third-order valence-electron chi connectivity index (χ3n) is 2.73. The molecule has 0 aromatic rings. The fourth-order valence-corrected chi connectivity index (χ4v) is 1.82. The maximum atomic E-state index is 8.60. The van der Waals surface area contributed by atoms with Gasteiger partial charge in [-0.15, -0.1) is 0 Å². The Hall–Kier alpha value is -0.380. The molecule has 0 bridgehead atoms. The molecule has 0 aliphatic heterocycles. The maximum Gasteiger partial charge on any atom is 0.157 e. The lowest BCUT2D eigenvalue weighted by molar-refractivity contribution is -0.140. The van der Waals surface area contributed by atoms with Crippen LogP contribution in [0.1, 0.15) is 58.8 Å². The van der Waals surface area contributed by atoms with E-state index >= 15 is 0 Å². The number of aliphatic hydroxyl groups excluding tert-OH is 1. The van der Waals surface area contributed by atoms with Crippen molar-refractivity contribution in [1.82, 2.24) is 0 Å². The topological polar surface area (TPSA) is 38.7 Å². The normalized spacial score (nSPS) is 11.8. The Balaban J connectivity index is 3.31. The SMILES string of the molecule is CCOC(CCCCCC/C=C\CCO)OCC. The molecule has 3 nitrogen and oxygen atoms in total. The average molecular weight is 258 g/mol. The molecule has 0 aromatic heterocycles. The molecule has 0 atom stereocenters. The van der Waals surface area contributed by atoms with Crippen LogP contribution in [0.3, 0.4) is 0 Å². The number of aliphatic hydroxyl groups is 1. The fraction of sp³-hybridized carbons (Fsp3) is 0.867. The summed E-state index contributed by atoms with van der Waals surface area (Å²) in [7, 11) is 0. The molecule has 0 unspecified atom stereocenters. The highest BCUT2D eigenvalue weighted by atomic mass is 16.7. The fourth-order valence-electron chi connectivity index (χ4n) is 1.82. The van der Waals surface area contributed by atoms with Crippen molar-refractivity contribution in [2.45, 2.75) is 65.1 Å². The third-order valence-corrected chi connectivity index (χ3v) is 2.73. The first-order chi connectivity index (χ1) is 8.85. The van der Waals surface area contributed by atoms with E-state index in [9.17, 15) is 0 Å². The molecule has 3 heteroatoms. The minimum atomic E-state index is -0.00977. The predicted molar refractivity (Wildman–Crippen MR) is 75.6 cm³/mol. The lowest BCUT2D eigenvalue weighted by Gasteiger charge is -2.16. The van der Waals surface area contributed by atoms with Gasteiger partial charge in [-0.2, -0.15) is 0 Å². The van der Waals surface area contributed by atoms with E-state index < -0.39 is 0 Å². The summed E-state index contributed by atoms with van der Waals surface area (Å²) in [4.78, 5) is 0. The molecule has 0 aliphatic rings. The molecule has 1 N–H and O–H groups in total. The Bertz CT molecular complexity index is 175. The Morgan fingerprint density at radius 3 is 2.11 bits per heavy atom. The maximum absolute atomic E-state index is 8.60. The summed E-state index contributed by atoms with van der Waals surface area (Å²) in [6, 6.07) is 0. The van der Waals surface area contributed by atoms with E-state index in [1.807, 2.05) is 13.8 Å². The smallest absolute Gasteiger partial charge is 0.157 e. The van der Waals surface area contributed by atoms with Gasteiger partial charge in [-0.1, -0.05) is 25.0 Å². The van der Waals surface area contributed by atoms with Crippen molar-refractivity contribution in [1.29, 1.82) is 0 Å². The Morgan fingerprint density at radius 1 is 0.889 bits per heavy atom. The zero-order valence-corrected chi connectivity index (χ0v) is 12.1. The van der Waals surface area contributed by atoms with E-state index in [1.54, 1.807) is 0 Å². The second-order valence-corrected chi connectivity index (χ2v) is 4.32. The highest BCUT2D eigenvalue weighted by Gasteiger charge is 2.06. The summed E-state index contributed by atoms with van der Waals surface area (Å²) < 4.78 is 11.0. The summed E-state index contributed by atoms with van der Waals surface area (Å²) >= 11 is 0. The van der Waals surface area contributed by atoms with Crippen molar-refractivity contribution in [3.05, 3.63) is 12.2 Å². The minimum absolute atomic E-state index is 0.00977. The first kappa shape index (κ1) is 17.6. The number of hydrogen-bond donors (Lipinski definition) is 1. The first-order valence-corrected chi connectivity index (χ1v) is 7.34. The van der Waals surface area contributed by atoms with E-state index in [0.717, 1.165) is 32.5 Å². The Kier molecular flexibility index (Phi) is 14.4. The van der Waals surface area contributed by atoms with Crippen LogP contribution in [0.5, 0.6) is 0 Å². The summed E-state index contributed by atoms with van der Waals surface area (Å²) in [6.07, 6.45) is 12.0. The monoisotopic (exact) mass is 258 g/mol. The average Bonchev–Trinajstić information content (AvgIpc) is 2.37. The second kappa shape index (κ2) is 14.7. The van der Waals surface area contributed by atoms with E-state index in [0.29, 0.717) is 0 Å². The number of unbranched alkanes of at least 4 members (excludes halogenated alkanes) is 4. The zero-order valence-electron chi connectivity index (χ0n) is 12.1. The van der Waals surface area contributed by atoms with Crippen molar-refractivity contribution in [2.75, 3.05) is 19.8 Å². The van der Waals surface area contributed by atoms with Crippen molar-refractivity contribution in [3.63, 3.8) is 0 Å². The first-order valence-electron chi connectivity index (χ1n) is 7.34. The van der Waals surface area contributed by atoms with Crippen LogP contribution < -0.4 is 0 Å². The summed E-state index contributed by atoms with van der Waals surface area (Å²) in [5.74, 6) is 0. The molecular weight excluding hydrogens is 228 g/mol. The number of hydrogen-bond acceptors (Lipinski definition) is 3. The summed E-state index contributed by atoms with van der Waals surface area (Å²) in [5, 5.41) is 8.60. The highest BCUT2D eigenvalue weighted by molar-refractivity contribution is 4.80. The van der Waals surface area contributed by atoms with E-state index in [4.69, 9.17) is 14.6 Å². The van der Waals surface area contributed by atoms with Crippen LogP contribution in [0.2, 0.25) is 0 Å². The molecule has 0 radical (unpaired) electrons. The van der Waals surface area contributed by atoms with Gasteiger partial charge in [0.25, 0.3) is 0 Å². The van der Waals surface area contributed by atoms with Crippen molar-refractivity contribution < 1.29 is 14.6 Å². The van der Waals surface area contributed by atoms with Crippen LogP contribution in [0.4, 0.5) is 0 Å². The molecule has 0 aromatic carbocycles. The lowest BCUT2D eigenvalue weighted by Crippen LogP contribution is -2.17. The van der Waals surface area contributed by atoms with Crippen LogP contribution in [-0.2, 0) is 9.47 Å². The van der Waals surface area contributed by atoms with Gasteiger partial charge in [-0.05, 0) is 46.0 Å². The molecular formula is C15H30O3. The highest BCUT2D eigenvalue weighted by Crippen LogP contribution is 2.11. The Morgan fingerprint density at radius 2 is 1.50 bits per heavy atom. The lowest BCUT2D eigenvalue weighted by atomic mass is 10.1. The molecule has 0 amide bonds. The van der Waals surface area contributed by atoms with Gasteiger partial charge in [0, 0.05) is 19.8 Å². The van der Waals surface area contributed by atoms with E-state index in [-0.39, 0.29) is 12.9 Å². The number of rotatable bonds is 13. The quantitative estimate of drug-likeness (QED) is 0.311. The second-order valence-electron chi connectivity index (χ2n) is 4.32. The molecule has 0 spiro atoms. The van der Waals surface area contributed by atoms with Crippen molar-refractivity contribution in [3.8, 4) is 0 Å². The molecule has 18 heavy (non-hydrogen) atoms. The van der Waals surface area contributed by atoms with Crippen LogP contribution in [0.25, 0.3) is 0 Å². The van der Waals surface area contributed by atoms with Gasteiger partial charge in [0.15, 0.2) is 6.29 Å². The van der Waals surface area contributed by atoms with Crippen molar-refractivity contribution in [2.24, 2.45) is 0 Å². The van der Waals surface area contributed by atoms with Gasteiger partial charge in [0.2, 0.25) is 0 Å². The van der Waals surface area contributed by atoms with Crippen molar-refractivity contribution >= 4 is 0 Å². The number of ether oxygens (including phenoxy) is 2. The van der Waals surface area contributed by atoms with Crippen LogP contribution in [0, 0.1) is 0 Å². The molecule has 0 saturated carbocycles. The Labute approximate surface area is 112 Å². The van der Waals surface area contributed by atoms with Crippen LogP contribution in [0.15, 0.2) is 12.2 Å². The summed E-state index contributed by atoms with van der Waals surface area (Å²) in [5.41, 5.74) is 0. The van der Waals surface area contributed by atoms with Crippen LogP contribution >= 0.6 is 0 Å². The van der Waals surface area contributed by atoms with Crippen LogP contribution in [-0.4, -0.2) is 31.2 Å². The molecule has 0 fully saturated rings. The molecule has 0 rings (SSSR count).